The topological polar surface area (TPSA) is 55.8 Å². The normalized spacial score (nSPS) is 32.2. The summed E-state index contributed by atoms with van der Waals surface area (Å²) in [6, 6.07) is 7.97. The third-order valence-electron chi connectivity index (χ3n) is 4.81. The molecular formula is C15H18O4. The predicted molar refractivity (Wildman–Crippen MR) is 68.6 cm³/mol. The van der Waals surface area contributed by atoms with Gasteiger partial charge in [0.05, 0.1) is 0 Å². The second-order valence-electron chi connectivity index (χ2n) is 6.02. The Morgan fingerprint density at radius 3 is 2.68 bits per heavy atom. The standard InChI is InChI=1S/C15H18O4/c1-14(2)12-8-7-10-5-3-4-6-11(10)9-15(14,19-17)13(16)18-12/h3-6,12,17H,7-9H2,1-2H3/t12-,15+/m1/s1. The fourth-order valence-corrected chi connectivity index (χ4v) is 3.33. The number of aryl methyl sites for hydroxylation is 1. The van der Waals surface area contributed by atoms with Crippen molar-refractivity contribution >= 4 is 5.97 Å². The molecule has 1 fully saturated rings. The number of fused-ring (bicyclic) bond motifs is 3. The van der Waals surface area contributed by atoms with Gasteiger partial charge in [-0.15, -0.1) is 0 Å². The van der Waals surface area contributed by atoms with Gasteiger partial charge in [0, 0.05) is 11.8 Å². The maximum atomic E-state index is 12.2. The maximum Gasteiger partial charge on any atom is 0.343 e. The number of carbonyl (C=O) groups excluding carboxylic acids is 1. The number of hydrogen-bond donors (Lipinski definition) is 1. The second-order valence-corrected chi connectivity index (χ2v) is 6.02. The van der Waals surface area contributed by atoms with Crippen LogP contribution in [0.2, 0.25) is 0 Å². The van der Waals surface area contributed by atoms with Crippen molar-refractivity contribution in [2.75, 3.05) is 0 Å². The van der Waals surface area contributed by atoms with E-state index in [1.807, 2.05) is 32.0 Å². The molecule has 1 aliphatic carbocycles. The Kier molecular flexibility index (Phi) is 2.69. The zero-order chi connectivity index (χ0) is 13.7. The van der Waals surface area contributed by atoms with Gasteiger partial charge < -0.3 is 4.74 Å². The van der Waals surface area contributed by atoms with Gasteiger partial charge >= 0.3 is 5.97 Å². The van der Waals surface area contributed by atoms with Gasteiger partial charge in [0.15, 0.2) is 0 Å². The van der Waals surface area contributed by atoms with Gasteiger partial charge in [-0.1, -0.05) is 38.1 Å². The first-order chi connectivity index (χ1) is 9.01. The molecule has 0 spiro atoms. The average Bonchev–Trinajstić information content (AvgIpc) is 2.61. The molecule has 0 amide bonds. The van der Waals surface area contributed by atoms with Crippen molar-refractivity contribution in [3.05, 3.63) is 35.4 Å². The molecule has 3 rings (SSSR count). The first kappa shape index (κ1) is 12.6. The summed E-state index contributed by atoms with van der Waals surface area (Å²) in [6.45, 7) is 3.85. The monoisotopic (exact) mass is 262 g/mol. The molecule has 19 heavy (non-hydrogen) atoms. The van der Waals surface area contributed by atoms with Gasteiger partial charge in [0.2, 0.25) is 5.60 Å². The number of carbonyl (C=O) groups is 1. The van der Waals surface area contributed by atoms with Gasteiger partial charge in [-0.25, -0.2) is 9.68 Å². The highest BCUT2D eigenvalue weighted by atomic mass is 17.1. The summed E-state index contributed by atoms with van der Waals surface area (Å²) in [5.74, 6) is -0.457. The molecular weight excluding hydrogens is 244 g/mol. The quantitative estimate of drug-likeness (QED) is 0.479. The van der Waals surface area contributed by atoms with Crippen LogP contribution in [-0.2, 0) is 27.3 Å². The third kappa shape index (κ3) is 1.56. The Labute approximate surface area is 112 Å². The highest BCUT2D eigenvalue weighted by Gasteiger charge is 2.65. The zero-order valence-corrected chi connectivity index (χ0v) is 11.2. The molecule has 1 N–H and O–H groups in total. The number of ether oxygens (including phenoxy) is 1. The van der Waals surface area contributed by atoms with Crippen molar-refractivity contribution in [2.45, 2.75) is 44.8 Å². The maximum absolute atomic E-state index is 12.2. The van der Waals surface area contributed by atoms with E-state index >= 15 is 0 Å². The molecule has 1 aromatic carbocycles. The van der Waals surface area contributed by atoms with Crippen LogP contribution >= 0.6 is 0 Å². The Hall–Kier alpha value is -1.39. The predicted octanol–water partition coefficient (Wildman–Crippen LogP) is 2.36. The number of rotatable bonds is 1. The van der Waals surface area contributed by atoms with Crippen LogP contribution in [0.4, 0.5) is 0 Å². The van der Waals surface area contributed by atoms with Crippen LogP contribution in [0.25, 0.3) is 0 Å². The molecule has 2 bridgehead atoms. The van der Waals surface area contributed by atoms with Crippen molar-refractivity contribution in [1.29, 1.82) is 0 Å². The lowest BCUT2D eigenvalue weighted by Crippen LogP contribution is -2.52. The van der Waals surface area contributed by atoms with E-state index in [0.29, 0.717) is 6.42 Å². The zero-order valence-electron chi connectivity index (χ0n) is 11.2. The van der Waals surface area contributed by atoms with Gasteiger partial charge in [-0.2, -0.15) is 0 Å². The van der Waals surface area contributed by atoms with Gasteiger partial charge in [0.25, 0.3) is 0 Å². The molecule has 102 valence electrons. The first-order valence-corrected chi connectivity index (χ1v) is 6.62. The van der Waals surface area contributed by atoms with Crippen LogP contribution < -0.4 is 0 Å². The van der Waals surface area contributed by atoms with E-state index in [9.17, 15) is 10.1 Å². The minimum Gasteiger partial charge on any atom is -0.459 e. The summed E-state index contributed by atoms with van der Waals surface area (Å²) >= 11 is 0. The van der Waals surface area contributed by atoms with Crippen LogP contribution in [0.3, 0.4) is 0 Å². The fraction of sp³-hybridized carbons (Fsp3) is 0.533. The number of benzene rings is 1. The molecule has 2 aliphatic rings. The van der Waals surface area contributed by atoms with E-state index in [0.717, 1.165) is 18.4 Å². The Bertz CT molecular complexity index is 523. The van der Waals surface area contributed by atoms with Crippen LogP contribution in [-0.4, -0.2) is 22.9 Å². The molecule has 0 radical (unpaired) electrons. The Balaban J connectivity index is 2.15. The van der Waals surface area contributed by atoms with Gasteiger partial charge in [-0.3, -0.25) is 5.26 Å². The van der Waals surface area contributed by atoms with E-state index in [1.54, 1.807) is 0 Å². The van der Waals surface area contributed by atoms with Crippen LogP contribution in [0.5, 0.6) is 0 Å². The largest absolute Gasteiger partial charge is 0.459 e. The summed E-state index contributed by atoms with van der Waals surface area (Å²) in [6.07, 6.45) is 1.75. The minimum absolute atomic E-state index is 0.222. The molecule has 1 heterocycles. The molecule has 4 nitrogen and oxygen atoms in total. The molecule has 0 saturated carbocycles. The number of hydrogen-bond acceptors (Lipinski definition) is 4. The molecule has 1 saturated heterocycles. The summed E-state index contributed by atoms with van der Waals surface area (Å²) in [7, 11) is 0. The lowest BCUT2D eigenvalue weighted by atomic mass is 9.67. The van der Waals surface area contributed by atoms with Crippen LogP contribution in [0, 0.1) is 5.41 Å². The van der Waals surface area contributed by atoms with E-state index < -0.39 is 17.0 Å². The lowest BCUT2D eigenvalue weighted by molar-refractivity contribution is -0.332. The van der Waals surface area contributed by atoms with E-state index in [4.69, 9.17) is 9.62 Å². The van der Waals surface area contributed by atoms with Gasteiger partial charge in [0.1, 0.15) is 6.10 Å². The first-order valence-electron chi connectivity index (χ1n) is 6.62. The van der Waals surface area contributed by atoms with Gasteiger partial charge in [-0.05, 0) is 24.0 Å². The van der Waals surface area contributed by atoms with Crippen LogP contribution in [0.15, 0.2) is 24.3 Å². The molecule has 1 aromatic rings. The Morgan fingerprint density at radius 1 is 1.32 bits per heavy atom. The number of esters is 1. The molecule has 1 aliphatic heterocycles. The van der Waals surface area contributed by atoms with E-state index in [2.05, 4.69) is 6.07 Å². The second kappa shape index (κ2) is 4.05. The van der Waals surface area contributed by atoms with Crippen molar-refractivity contribution in [3.63, 3.8) is 0 Å². The van der Waals surface area contributed by atoms with Crippen molar-refractivity contribution in [1.82, 2.24) is 0 Å². The van der Waals surface area contributed by atoms with E-state index in [1.165, 1.54) is 5.56 Å². The van der Waals surface area contributed by atoms with E-state index in [-0.39, 0.29) is 6.10 Å². The summed E-state index contributed by atoms with van der Waals surface area (Å²) in [5.41, 5.74) is 0.394. The molecule has 0 aromatic heterocycles. The van der Waals surface area contributed by atoms with Crippen LogP contribution in [0.1, 0.15) is 31.4 Å². The third-order valence-corrected chi connectivity index (χ3v) is 4.81. The SMILES string of the molecule is CC1(C)[C@H]2CCc3ccccc3C[C@]1(OO)C(=O)O2. The van der Waals surface area contributed by atoms with Crippen molar-refractivity contribution in [3.8, 4) is 0 Å². The van der Waals surface area contributed by atoms with Crippen molar-refractivity contribution in [2.24, 2.45) is 5.41 Å². The summed E-state index contributed by atoms with van der Waals surface area (Å²) in [5, 5.41) is 9.42. The Morgan fingerprint density at radius 2 is 2.00 bits per heavy atom. The van der Waals surface area contributed by atoms with Crippen molar-refractivity contribution < 1.29 is 19.7 Å². The lowest BCUT2D eigenvalue weighted by Gasteiger charge is -2.38. The fourth-order valence-electron chi connectivity index (χ4n) is 3.33. The molecule has 0 unspecified atom stereocenters. The average molecular weight is 262 g/mol. The molecule has 2 atom stereocenters. The minimum atomic E-state index is -1.30. The summed E-state index contributed by atoms with van der Waals surface area (Å²) in [4.78, 5) is 16.9. The molecule has 4 heteroatoms. The highest BCUT2D eigenvalue weighted by Crippen LogP contribution is 2.50. The highest BCUT2D eigenvalue weighted by molar-refractivity contribution is 5.84. The summed E-state index contributed by atoms with van der Waals surface area (Å²) < 4.78 is 5.46. The smallest absolute Gasteiger partial charge is 0.343 e.